The summed E-state index contributed by atoms with van der Waals surface area (Å²) in [6, 6.07) is 12.3. The summed E-state index contributed by atoms with van der Waals surface area (Å²) in [5, 5.41) is 2.40. The van der Waals surface area contributed by atoms with Crippen LogP contribution in [0.5, 0.6) is 11.5 Å². The molecule has 0 unspecified atom stereocenters. The first-order chi connectivity index (χ1) is 12.0. The molecule has 0 saturated carbocycles. The van der Waals surface area contributed by atoms with E-state index in [-0.39, 0.29) is 0 Å². The summed E-state index contributed by atoms with van der Waals surface area (Å²) in [5.41, 5.74) is 2.99. The summed E-state index contributed by atoms with van der Waals surface area (Å²) < 4.78 is 5.90. The van der Waals surface area contributed by atoms with E-state index in [1.165, 1.54) is 23.7 Å². The second-order valence-corrected chi connectivity index (χ2v) is 6.50. The van der Waals surface area contributed by atoms with E-state index in [1.807, 2.05) is 24.3 Å². The fourth-order valence-electron chi connectivity index (χ4n) is 2.26. The molecule has 25 heavy (non-hydrogen) atoms. The topological polar surface area (TPSA) is 71.1 Å². The molecule has 3 rings (SSSR count). The van der Waals surface area contributed by atoms with Gasteiger partial charge in [-0.1, -0.05) is 30.0 Å². The minimum absolute atomic E-state index is 0.423. The van der Waals surface area contributed by atoms with Crippen LogP contribution in [-0.2, 0) is 9.63 Å². The Morgan fingerprint density at radius 2 is 1.80 bits per heavy atom. The second-order valence-electron chi connectivity index (χ2n) is 5.44. The minimum Gasteiger partial charge on any atom is -0.455 e. The van der Waals surface area contributed by atoms with Gasteiger partial charge >= 0.3 is 12.0 Å². The average Bonchev–Trinajstić information content (AvgIpc) is 2.56. The van der Waals surface area contributed by atoms with Crippen molar-refractivity contribution < 1.29 is 19.2 Å². The maximum Gasteiger partial charge on any atom is 0.370 e. The van der Waals surface area contributed by atoms with E-state index in [9.17, 15) is 9.59 Å². The van der Waals surface area contributed by atoms with Gasteiger partial charge in [-0.3, -0.25) is 5.43 Å². The number of nitrogens with zero attached hydrogens (tertiary/aromatic N) is 2. The number of rotatable bonds is 2. The average molecular weight is 359 g/mol. The Morgan fingerprint density at radius 1 is 1.08 bits per heavy atom. The lowest BCUT2D eigenvalue weighted by molar-refractivity contribution is -0.141. The fourth-order valence-corrected chi connectivity index (χ4v) is 3.30. The van der Waals surface area contributed by atoms with Crippen LogP contribution in [0.1, 0.15) is 6.92 Å². The number of carbonyl (C=O) groups is 2. The van der Waals surface area contributed by atoms with E-state index < -0.39 is 12.0 Å². The lowest BCUT2D eigenvalue weighted by atomic mass is 10.2. The number of para-hydroxylation sites is 1. The van der Waals surface area contributed by atoms with Gasteiger partial charge in [0, 0.05) is 21.0 Å². The number of amides is 2. The molecule has 1 heterocycles. The number of benzene rings is 2. The zero-order valence-electron chi connectivity index (χ0n) is 14.0. The number of anilines is 1. The van der Waals surface area contributed by atoms with E-state index in [0.29, 0.717) is 16.3 Å². The second kappa shape index (κ2) is 7.04. The Labute approximate surface area is 149 Å². The zero-order valence-corrected chi connectivity index (χ0v) is 14.8. The molecule has 0 radical (unpaired) electrons. The Morgan fingerprint density at radius 3 is 2.52 bits per heavy atom. The highest BCUT2D eigenvalue weighted by atomic mass is 32.2. The van der Waals surface area contributed by atoms with Crippen molar-refractivity contribution in [1.29, 1.82) is 0 Å². The van der Waals surface area contributed by atoms with E-state index in [0.717, 1.165) is 15.7 Å². The zero-order chi connectivity index (χ0) is 18.0. The number of hydrogen-bond donors (Lipinski definition) is 1. The van der Waals surface area contributed by atoms with E-state index >= 15 is 0 Å². The van der Waals surface area contributed by atoms with Crippen molar-refractivity contribution in [1.82, 2.24) is 10.4 Å². The van der Waals surface area contributed by atoms with Crippen LogP contribution in [0.4, 0.5) is 10.5 Å². The van der Waals surface area contributed by atoms with Crippen molar-refractivity contribution in [2.75, 3.05) is 19.2 Å². The van der Waals surface area contributed by atoms with E-state index in [4.69, 9.17) is 9.57 Å². The lowest BCUT2D eigenvalue weighted by Gasteiger charge is -2.27. The Kier molecular flexibility index (Phi) is 4.82. The van der Waals surface area contributed by atoms with Crippen LogP contribution in [0.2, 0.25) is 0 Å². The molecular weight excluding hydrogens is 342 g/mol. The Hall–Kier alpha value is -2.71. The number of urea groups is 1. The van der Waals surface area contributed by atoms with Gasteiger partial charge in [0.1, 0.15) is 17.2 Å². The van der Waals surface area contributed by atoms with Gasteiger partial charge < -0.3 is 9.57 Å². The molecule has 2 aromatic carbocycles. The summed E-state index contributed by atoms with van der Waals surface area (Å²) in [6.07, 6.45) is 0. The summed E-state index contributed by atoms with van der Waals surface area (Å²) in [7, 11) is 3.33. The van der Waals surface area contributed by atoms with Gasteiger partial charge in [0.2, 0.25) is 0 Å². The largest absolute Gasteiger partial charge is 0.455 e. The number of fused-ring (bicyclic) bond motifs is 2. The maximum atomic E-state index is 12.5. The Balaban J connectivity index is 2.01. The molecule has 2 amide bonds. The molecule has 1 aliphatic heterocycles. The summed E-state index contributed by atoms with van der Waals surface area (Å²) in [4.78, 5) is 30.7. The van der Waals surface area contributed by atoms with Crippen LogP contribution in [-0.4, -0.2) is 31.1 Å². The minimum atomic E-state index is -0.603. The third-order valence-electron chi connectivity index (χ3n) is 3.18. The summed E-state index contributed by atoms with van der Waals surface area (Å²) in [5.74, 6) is 0.735. The van der Waals surface area contributed by atoms with Crippen molar-refractivity contribution in [3.63, 3.8) is 0 Å². The molecule has 1 N–H and O–H groups in total. The van der Waals surface area contributed by atoms with Gasteiger partial charge in [-0.25, -0.2) is 14.6 Å². The van der Waals surface area contributed by atoms with Crippen molar-refractivity contribution in [2.24, 2.45) is 0 Å². The van der Waals surface area contributed by atoms with Crippen molar-refractivity contribution in [3.8, 4) is 11.5 Å². The number of ether oxygens (including phenoxy) is 1. The van der Waals surface area contributed by atoms with Gasteiger partial charge in [-0.15, -0.1) is 5.06 Å². The fraction of sp³-hybridized carbons (Fsp3) is 0.176. The van der Waals surface area contributed by atoms with Crippen molar-refractivity contribution >= 4 is 29.4 Å². The molecule has 7 nitrogen and oxygen atoms in total. The normalized spacial score (nSPS) is 11.8. The van der Waals surface area contributed by atoms with Crippen LogP contribution in [0.25, 0.3) is 0 Å². The first-order valence-corrected chi connectivity index (χ1v) is 8.31. The predicted octanol–water partition coefficient (Wildman–Crippen LogP) is 3.41. The molecule has 0 fully saturated rings. The predicted molar refractivity (Wildman–Crippen MR) is 93.5 cm³/mol. The van der Waals surface area contributed by atoms with Gasteiger partial charge in [0.25, 0.3) is 0 Å². The molecular formula is C17H17N3O4S. The third-order valence-corrected chi connectivity index (χ3v) is 4.35. The molecule has 0 saturated heterocycles. The van der Waals surface area contributed by atoms with Crippen LogP contribution >= 0.6 is 11.8 Å². The van der Waals surface area contributed by atoms with Crippen LogP contribution in [0.15, 0.2) is 52.3 Å². The Bertz CT molecular complexity index is 825. The molecule has 0 aromatic heterocycles. The van der Waals surface area contributed by atoms with Crippen LogP contribution in [0.3, 0.4) is 0 Å². The highest BCUT2D eigenvalue weighted by molar-refractivity contribution is 7.99. The molecule has 1 aliphatic rings. The lowest BCUT2D eigenvalue weighted by Crippen LogP contribution is -2.47. The van der Waals surface area contributed by atoms with E-state index in [2.05, 4.69) is 5.43 Å². The monoisotopic (exact) mass is 359 g/mol. The molecule has 0 atom stereocenters. The number of hydrazine groups is 1. The van der Waals surface area contributed by atoms with Gasteiger partial charge in [-0.05, 0) is 24.3 Å². The number of nitrogens with one attached hydrogen (secondary N) is 1. The molecule has 130 valence electrons. The summed E-state index contributed by atoms with van der Waals surface area (Å²) in [6.45, 7) is 1.24. The van der Waals surface area contributed by atoms with Gasteiger partial charge in [0.05, 0.1) is 9.79 Å². The highest BCUT2D eigenvalue weighted by Gasteiger charge is 2.28. The smallest absolute Gasteiger partial charge is 0.370 e. The maximum absolute atomic E-state index is 12.5. The molecule has 0 spiro atoms. The summed E-state index contributed by atoms with van der Waals surface area (Å²) >= 11 is 1.45. The van der Waals surface area contributed by atoms with Crippen molar-refractivity contribution in [3.05, 3.63) is 42.5 Å². The standard InChI is InChI=1S/C17H17N3O4S/c1-11(21)24-20(17(22)18-19(2)3)12-7-6-9-14-16(12)25-15-10-5-4-8-13(15)23-14/h4-10H,1-3H3,(H,18,22). The van der Waals surface area contributed by atoms with Crippen LogP contribution in [0, 0.1) is 0 Å². The van der Waals surface area contributed by atoms with Crippen LogP contribution < -0.4 is 15.2 Å². The highest BCUT2D eigenvalue weighted by Crippen LogP contribution is 2.50. The van der Waals surface area contributed by atoms with Gasteiger partial charge in [0.15, 0.2) is 0 Å². The first-order valence-electron chi connectivity index (χ1n) is 7.50. The van der Waals surface area contributed by atoms with Crippen molar-refractivity contribution in [2.45, 2.75) is 16.7 Å². The number of carbonyl (C=O) groups excluding carboxylic acids is 2. The van der Waals surface area contributed by atoms with Gasteiger partial charge in [-0.2, -0.15) is 0 Å². The first kappa shape index (κ1) is 17.1. The molecule has 0 bridgehead atoms. The number of hydroxylamine groups is 1. The molecule has 8 heteroatoms. The molecule has 2 aromatic rings. The number of hydrogen-bond acceptors (Lipinski definition) is 6. The third kappa shape index (κ3) is 3.70. The SMILES string of the molecule is CC(=O)ON(C(=O)NN(C)C)c1cccc2c1Sc1ccccc1O2. The quantitative estimate of drug-likeness (QED) is 0.707. The molecule has 0 aliphatic carbocycles. The van der Waals surface area contributed by atoms with E-state index in [1.54, 1.807) is 32.3 Å².